The lowest BCUT2D eigenvalue weighted by atomic mass is 9.81. The van der Waals surface area contributed by atoms with Gasteiger partial charge in [-0.05, 0) is 41.3 Å². The number of fused-ring (bicyclic) bond motifs is 5. The Labute approximate surface area is 156 Å². The molecule has 5 rings (SSSR count). The molecule has 1 amide bonds. The number of amides is 1. The lowest BCUT2D eigenvalue weighted by molar-refractivity contribution is 0.0208. The number of hydrogen-bond acceptors (Lipinski definition) is 6. The molecule has 0 fully saturated rings. The van der Waals surface area contributed by atoms with Crippen molar-refractivity contribution in [3.8, 4) is 23.0 Å². The number of methoxy groups -OCH3 is 2. The van der Waals surface area contributed by atoms with E-state index >= 15 is 0 Å². The van der Waals surface area contributed by atoms with Gasteiger partial charge in [0.05, 0.1) is 25.8 Å². The Hall–Kier alpha value is -2.93. The van der Waals surface area contributed by atoms with Gasteiger partial charge >= 0.3 is 0 Å². The maximum absolute atomic E-state index is 13.3. The van der Waals surface area contributed by atoms with Gasteiger partial charge in [-0.3, -0.25) is 4.79 Å². The Morgan fingerprint density at radius 1 is 1.11 bits per heavy atom. The predicted octanol–water partition coefficient (Wildman–Crippen LogP) is 2.22. The molecule has 0 spiro atoms. The van der Waals surface area contributed by atoms with Crippen molar-refractivity contribution in [2.24, 2.45) is 0 Å². The van der Waals surface area contributed by atoms with Crippen molar-refractivity contribution < 1.29 is 28.8 Å². The second kappa shape index (κ2) is 5.79. The predicted molar refractivity (Wildman–Crippen MR) is 94.6 cm³/mol. The zero-order valence-corrected chi connectivity index (χ0v) is 15.0. The summed E-state index contributed by atoms with van der Waals surface area (Å²) in [6, 6.07) is 6.82. The molecule has 3 aliphatic heterocycles. The monoisotopic (exact) mass is 369 g/mol. The standard InChI is InChI=1S/C20H19NO6/c1-24-13-4-3-11-16(19(13)25-2)20(23)21-6-5-10-7-14-15(27-9-26-14)8-12(10)17(21)18(11)22/h3-4,7-8,17-18,22H,5-6,9H2,1-2H3. The summed E-state index contributed by atoms with van der Waals surface area (Å²) in [6.07, 6.45) is -0.195. The van der Waals surface area contributed by atoms with E-state index in [9.17, 15) is 9.90 Å². The molecule has 2 aromatic rings. The van der Waals surface area contributed by atoms with Crippen molar-refractivity contribution in [1.82, 2.24) is 4.90 Å². The van der Waals surface area contributed by atoms with Crippen LogP contribution in [0.15, 0.2) is 24.3 Å². The number of nitrogens with zero attached hydrogens (tertiary/aromatic N) is 1. The summed E-state index contributed by atoms with van der Waals surface area (Å²) >= 11 is 0. The number of carbonyl (C=O) groups is 1. The van der Waals surface area contributed by atoms with E-state index in [1.165, 1.54) is 14.2 Å². The highest BCUT2D eigenvalue weighted by Gasteiger charge is 2.45. The number of rotatable bonds is 2. The summed E-state index contributed by atoms with van der Waals surface area (Å²) in [5.41, 5.74) is 2.87. The van der Waals surface area contributed by atoms with Crippen molar-refractivity contribution in [1.29, 1.82) is 0 Å². The van der Waals surface area contributed by atoms with Gasteiger partial charge < -0.3 is 29.0 Å². The van der Waals surface area contributed by atoms with Crippen LogP contribution >= 0.6 is 0 Å². The topological polar surface area (TPSA) is 77.5 Å². The number of carbonyl (C=O) groups excluding carboxylic acids is 1. The van der Waals surface area contributed by atoms with Gasteiger partial charge in [-0.15, -0.1) is 0 Å². The van der Waals surface area contributed by atoms with Crippen molar-refractivity contribution in [2.45, 2.75) is 18.6 Å². The van der Waals surface area contributed by atoms with E-state index in [2.05, 4.69) is 0 Å². The molecule has 7 nitrogen and oxygen atoms in total. The Bertz CT molecular complexity index is 956. The molecular formula is C20H19NO6. The van der Waals surface area contributed by atoms with Crippen LogP contribution in [0.3, 0.4) is 0 Å². The molecular weight excluding hydrogens is 350 g/mol. The van der Waals surface area contributed by atoms with Crippen LogP contribution in [0.1, 0.15) is 39.2 Å². The quantitative estimate of drug-likeness (QED) is 0.875. The average molecular weight is 369 g/mol. The highest BCUT2D eigenvalue weighted by molar-refractivity contribution is 6.01. The average Bonchev–Trinajstić information content (AvgIpc) is 3.15. The first-order valence-corrected chi connectivity index (χ1v) is 8.80. The minimum Gasteiger partial charge on any atom is -0.493 e. The second-order valence-electron chi connectivity index (χ2n) is 6.81. The first-order chi connectivity index (χ1) is 13.1. The molecule has 0 radical (unpaired) electrons. The van der Waals surface area contributed by atoms with Crippen molar-refractivity contribution in [2.75, 3.05) is 27.6 Å². The van der Waals surface area contributed by atoms with Crippen LogP contribution in [0.5, 0.6) is 23.0 Å². The molecule has 0 aliphatic carbocycles. The molecule has 3 aliphatic rings. The molecule has 27 heavy (non-hydrogen) atoms. The van der Waals surface area contributed by atoms with Crippen LogP contribution in [0.4, 0.5) is 0 Å². The van der Waals surface area contributed by atoms with E-state index in [0.717, 1.165) is 11.1 Å². The summed E-state index contributed by atoms with van der Waals surface area (Å²) in [6.45, 7) is 0.695. The third-order valence-corrected chi connectivity index (χ3v) is 5.58. The Balaban J connectivity index is 1.68. The van der Waals surface area contributed by atoms with Crippen LogP contribution in [-0.2, 0) is 6.42 Å². The summed E-state index contributed by atoms with van der Waals surface area (Å²) in [4.78, 5) is 15.0. The molecule has 2 unspecified atom stereocenters. The molecule has 0 aromatic heterocycles. The van der Waals surface area contributed by atoms with Crippen LogP contribution in [0.2, 0.25) is 0 Å². The lowest BCUT2D eigenvalue weighted by Gasteiger charge is -2.44. The number of aliphatic hydroxyl groups excluding tert-OH is 1. The van der Waals surface area contributed by atoms with Gasteiger partial charge in [0.25, 0.3) is 5.91 Å². The number of ether oxygens (including phenoxy) is 4. The van der Waals surface area contributed by atoms with E-state index in [0.29, 0.717) is 47.1 Å². The summed E-state index contributed by atoms with van der Waals surface area (Å²) in [5.74, 6) is 2.02. The van der Waals surface area contributed by atoms with E-state index in [1.54, 1.807) is 17.0 Å². The molecule has 1 N–H and O–H groups in total. The summed E-state index contributed by atoms with van der Waals surface area (Å²) in [5, 5.41) is 11.2. The minimum atomic E-state index is -0.878. The van der Waals surface area contributed by atoms with Crippen molar-refractivity contribution in [3.63, 3.8) is 0 Å². The third-order valence-electron chi connectivity index (χ3n) is 5.58. The molecule has 140 valence electrons. The maximum Gasteiger partial charge on any atom is 0.258 e. The molecule has 0 saturated heterocycles. The summed E-state index contributed by atoms with van der Waals surface area (Å²) < 4.78 is 21.7. The van der Waals surface area contributed by atoms with Crippen LogP contribution in [-0.4, -0.2) is 43.5 Å². The van der Waals surface area contributed by atoms with Crippen molar-refractivity contribution in [3.05, 3.63) is 46.5 Å². The van der Waals surface area contributed by atoms with Crippen molar-refractivity contribution >= 4 is 5.91 Å². The fourth-order valence-electron chi connectivity index (χ4n) is 4.33. The fourth-order valence-corrected chi connectivity index (χ4v) is 4.33. The molecule has 2 aromatic carbocycles. The Morgan fingerprint density at radius 3 is 2.63 bits per heavy atom. The smallest absolute Gasteiger partial charge is 0.258 e. The van der Waals surface area contributed by atoms with E-state index < -0.39 is 12.1 Å². The fraction of sp³-hybridized carbons (Fsp3) is 0.350. The molecule has 3 heterocycles. The Kier molecular flexibility index (Phi) is 3.48. The van der Waals surface area contributed by atoms with Gasteiger partial charge in [0.15, 0.2) is 23.0 Å². The molecule has 2 atom stereocenters. The SMILES string of the molecule is COc1ccc2c(c1OC)C(=O)N1CCc3cc4c(cc3C1C2O)OCO4. The van der Waals surface area contributed by atoms with Gasteiger partial charge in [0.2, 0.25) is 6.79 Å². The normalized spacial score (nSPS) is 22.0. The maximum atomic E-state index is 13.3. The third kappa shape index (κ3) is 2.15. The zero-order valence-electron chi connectivity index (χ0n) is 15.0. The highest BCUT2D eigenvalue weighted by Crippen LogP contribution is 2.50. The van der Waals surface area contributed by atoms with Gasteiger partial charge in [0, 0.05) is 6.54 Å². The van der Waals surface area contributed by atoms with Crippen LogP contribution in [0.25, 0.3) is 0 Å². The molecule has 0 bridgehead atoms. The minimum absolute atomic E-state index is 0.167. The van der Waals surface area contributed by atoms with Gasteiger partial charge in [-0.25, -0.2) is 0 Å². The van der Waals surface area contributed by atoms with Gasteiger partial charge in [0.1, 0.15) is 6.10 Å². The first kappa shape index (κ1) is 16.3. The van der Waals surface area contributed by atoms with Gasteiger partial charge in [-0.2, -0.15) is 0 Å². The van der Waals surface area contributed by atoms with Crippen LogP contribution in [0, 0.1) is 0 Å². The number of benzene rings is 2. The number of hydrogen-bond donors (Lipinski definition) is 1. The summed E-state index contributed by atoms with van der Waals surface area (Å²) in [7, 11) is 3.02. The first-order valence-electron chi connectivity index (χ1n) is 8.80. The highest BCUT2D eigenvalue weighted by atomic mass is 16.7. The molecule has 7 heteroatoms. The van der Waals surface area contributed by atoms with E-state index in [-0.39, 0.29) is 12.7 Å². The zero-order chi connectivity index (χ0) is 18.7. The van der Waals surface area contributed by atoms with E-state index in [4.69, 9.17) is 18.9 Å². The Morgan fingerprint density at radius 2 is 1.89 bits per heavy atom. The molecule has 0 saturated carbocycles. The lowest BCUT2D eigenvalue weighted by Crippen LogP contribution is -2.46. The van der Waals surface area contributed by atoms with E-state index in [1.807, 2.05) is 12.1 Å². The number of aliphatic hydroxyl groups is 1. The second-order valence-corrected chi connectivity index (χ2v) is 6.81. The van der Waals surface area contributed by atoms with Gasteiger partial charge in [-0.1, -0.05) is 6.07 Å². The largest absolute Gasteiger partial charge is 0.493 e. The van der Waals surface area contributed by atoms with Crippen LogP contribution < -0.4 is 18.9 Å².